The second-order valence-electron chi connectivity index (χ2n) is 8.17. The van der Waals surface area contributed by atoms with E-state index in [1.807, 2.05) is 55.5 Å². The summed E-state index contributed by atoms with van der Waals surface area (Å²) in [6.07, 6.45) is 1.75. The van der Waals surface area contributed by atoms with Crippen molar-refractivity contribution in [1.29, 1.82) is 0 Å². The standard InChI is InChI=1S/C28H27NO4/c1-19(13-14-21-9-5-3-6-10-21)29-26(30)18-32-23-15-16-24-25(17-23)33-20(2)27(28(24)31)22-11-7-4-8-12-22/h3-12,15-17,19H,13-14,18H2,1-2H3,(H,29,30). The number of carbonyl (C=O) groups excluding carboxylic acids is 1. The molecule has 1 atom stereocenters. The van der Waals surface area contributed by atoms with E-state index in [4.69, 9.17) is 9.15 Å². The van der Waals surface area contributed by atoms with Gasteiger partial charge in [-0.05, 0) is 49.9 Å². The fourth-order valence-electron chi connectivity index (χ4n) is 3.88. The number of fused-ring (bicyclic) bond motifs is 1. The van der Waals surface area contributed by atoms with Gasteiger partial charge in [0.2, 0.25) is 5.43 Å². The number of nitrogens with one attached hydrogen (secondary N) is 1. The van der Waals surface area contributed by atoms with Crippen molar-refractivity contribution in [2.75, 3.05) is 6.61 Å². The third kappa shape index (κ3) is 5.50. The monoisotopic (exact) mass is 441 g/mol. The van der Waals surface area contributed by atoms with Gasteiger partial charge in [-0.2, -0.15) is 0 Å². The molecule has 3 aromatic carbocycles. The largest absolute Gasteiger partial charge is 0.484 e. The third-order valence-corrected chi connectivity index (χ3v) is 5.59. The van der Waals surface area contributed by atoms with Crippen LogP contribution in [0.5, 0.6) is 5.75 Å². The number of aryl methyl sites for hydroxylation is 2. The summed E-state index contributed by atoms with van der Waals surface area (Å²) in [4.78, 5) is 25.3. The molecule has 1 heterocycles. The van der Waals surface area contributed by atoms with E-state index in [0.717, 1.165) is 18.4 Å². The van der Waals surface area contributed by atoms with E-state index in [2.05, 4.69) is 17.4 Å². The van der Waals surface area contributed by atoms with E-state index in [0.29, 0.717) is 28.0 Å². The highest BCUT2D eigenvalue weighted by atomic mass is 16.5. The Hall–Kier alpha value is -3.86. The number of hydrogen-bond acceptors (Lipinski definition) is 4. The molecule has 4 rings (SSSR count). The van der Waals surface area contributed by atoms with Gasteiger partial charge in [0.1, 0.15) is 17.1 Å². The molecule has 1 unspecified atom stereocenters. The maximum atomic E-state index is 13.0. The zero-order valence-electron chi connectivity index (χ0n) is 18.8. The lowest BCUT2D eigenvalue weighted by atomic mass is 10.0. The number of hydrogen-bond donors (Lipinski definition) is 1. The van der Waals surface area contributed by atoms with Crippen molar-refractivity contribution in [3.63, 3.8) is 0 Å². The summed E-state index contributed by atoms with van der Waals surface area (Å²) < 4.78 is 11.6. The average molecular weight is 442 g/mol. The Morgan fingerprint density at radius 2 is 1.70 bits per heavy atom. The maximum Gasteiger partial charge on any atom is 0.258 e. The minimum Gasteiger partial charge on any atom is -0.484 e. The molecule has 5 nitrogen and oxygen atoms in total. The Balaban J connectivity index is 1.39. The number of carbonyl (C=O) groups is 1. The topological polar surface area (TPSA) is 68.5 Å². The van der Waals surface area contributed by atoms with Crippen molar-refractivity contribution < 1.29 is 13.9 Å². The van der Waals surface area contributed by atoms with Crippen LogP contribution in [-0.2, 0) is 11.2 Å². The highest BCUT2D eigenvalue weighted by Gasteiger charge is 2.14. The first-order valence-corrected chi connectivity index (χ1v) is 11.1. The maximum absolute atomic E-state index is 13.0. The van der Waals surface area contributed by atoms with E-state index < -0.39 is 0 Å². The first-order valence-electron chi connectivity index (χ1n) is 11.1. The van der Waals surface area contributed by atoms with Crippen LogP contribution in [0.15, 0.2) is 88.1 Å². The minimum atomic E-state index is -0.187. The molecule has 0 bridgehead atoms. The first-order chi connectivity index (χ1) is 16.0. The summed E-state index contributed by atoms with van der Waals surface area (Å²) in [7, 11) is 0. The van der Waals surface area contributed by atoms with Gasteiger partial charge in [0.05, 0.1) is 10.9 Å². The molecule has 0 saturated heterocycles. The Bertz CT molecular complexity index is 1300. The summed E-state index contributed by atoms with van der Waals surface area (Å²) in [5.74, 6) is 0.832. The highest BCUT2D eigenvalue weighted by Crippen LogP contribution is 2.26. The molecular formula is C28H27NO4. The van der Waals surface area contributed by atoms with Gasteiger partial charge in [-0.15, -0.1) is 0 Å². The Morgan fingerprint density at radius 3 is 2.42 bits per heavy atom. The van der Waals surface area contributed by atoms with Crippen molar-refractivity contribution in [2.45, 2.75) is 32.7 Å². The van der Waals surface area contributed by atoms with Crippen molar-refractivity contribution >= 4 is 16.9 Å². The predicted molar refractivity (Wildman–Crippen MR) is 131 cm³/mol. The molecule has 168 valence electrons. The summed E-state index contributed by atoms with van der Waals surface area (Å²) in [6.45, 7) is 3.66. The minimum absolute atomic E-state index is 0.0370. The SMILES string of the molecule is Cc1oc2cc(OCC(=O)NC(C)CCc3ccccc3)ccc2c(=O)c1-c1ccccc1. The number of rotatable bonds is 8. The normalized spacial score (nSPS) is 11.8. The molecule has 0 saturated carbocycles. The molecule has 0 aliphatic rings. The van der Waals surface area contributed by atoms with Crippen LogP contribution in [0.25, 0.3) is 22.1 Å². The molecule has 0 fully saturated rings. The average Bonchev–Trinajstić information content (AvgIpc) is 2.82. The molecule has 0 aliphatic heterocycles. The van der Waals surface area contributed by atoms with Gasteiger partial charge >= 0.3 is 0 Å². The van der Waals surface area contributed by atoms with Gasteiger partial charge in [0.25, 0.3) is 5.91 Å². The van der Waals surface area contributed by atoms with Crippen LogP contribution in [0.3, 0.4) is 0 Å². The van der Waals surface area contributed by atoms with E-state index in [9.17, 15) is 9.59 Å². The number of amides is 1. The summed E-state index contributed by atoms with van der Waals surface area (Å²) >= 11 is 0. The second kappa shape index (κ2) is 10.2. The molecule has 5 heteroatoms. The van der Waals surface area contributed by atoms with Gasteiger partial charge in [-0.1, -0.05) is 60.7 Å². The smallest absolute Gasteiger partial charge is 0.258 e. The van der Waals surface area contributed by atoms with E-state index in [1.54, 1.807) is 25.1 Å². The molecule has 1 amide bonds. The third-order valence-electron chi connectivity index (χ3n) is 5.59. The molecule has 1 N–H and O–H groups in total. The molecule has 33 heavy (non-hydrogen) atoms. The van der Waals surface area contributed by atoms with Crippen LogP contribution in [0.4, 0.5) is 0 Å². The second-order valence-corrected chi connectivity index (χ2v) is 8.17. The molecule has 4 aromatic rings. The first kappa shape index (κ1) is 22.3. The van der Waals surface area contributed by atoms with Crippen LogP contribution in [0, 0.1) is 6.92 Å². The van der Waals surface area contributed by atoms with Crippen molar-refractivity contribution in [2.24, 2.45) is 0 Å². The molecule has 0 radical (unpaired) electrons. The quantitative estimate of drug-likeness (QED) is 0.404. The Kier molecular flexibility index (Phi) is 6.89. The number of benzene rings is 3. The van der Waals surface area contributed by atoms with E-state index in [-0.39, 0.29) is 24.0 Å². The van der Waals surface area contributed by atoms with E-state index in [1.165, 1.54) is 5.56 Å². The van der Waals surface area contributed by atoms with E-state index >= 15 is 0 Å². The van der Waals surface area contributed by atoms with Crippen LogP contribution in [0.2, 0.25) is 0 Å². The zero-order chi connectivity index (χ0) is 23.2. The van der Waals surface area contributed by atoms with Gasteiger partial charge in [-0.25, -0.2) is 0 Å². The fraction of sp³-hybridized carbons (Fsp3) is 0.214. The van der Waals surface area contributed by atoms with Crippen molar-refractivity contribution in [3.8, 4) is 16.9 Å². The molecular weight excluding hydrogens is 414 g/mol. The fourth-order valence-corrected chi connectivity index (χ4v) is 3.88. The summed E-state index contributed by atoms with van der Waals surface area (Å²) in [6, 6.07) is 24.7. The zero-order valence-corrected chi connectivity index (χ0v) is 18.8. The molecule has 0 aliphatic carbocycles. The van der Waals surface area contributed by atoms with Crippen molar-refractivity contribution in [1.82, 2.24) is 5.32 Å². The van der Waals surface area contributed by atoms with Gasteiger partial charge in [0.15, 0.2) is 6.61 Å². The molecule has 1 aromatic heterocycles. The lowest BCUT2D eigenvalue weighted by molar-refractivity contribution is -0.123. The van der Waals surface area contributed by atoms with Gasteiger partial charge in [-0.3, -0.25) is 9.59 Å². The van der Waals surface area contributed by atoms with Crippen LogP contribution in [0.1, 0.15) is 24.7 Å². The Morgan fingerprint density at radius 1 is 1.00 bits per heavy atom. The summed E-state index contributed by atoms with van der Waals surface area (Å²) in [5, 5.41) is 3.44. The van der Waals surface area contributed by atoms with Crippen LogP contribution in [-0.4, -0.2) is 18.6 Å². The molecule has 0 spiro atoms. The Labute approximate surface area is 193 Å². The lowest BCUT2D eigenvalue weighted by Crippen LogP contribution is -2.36. The van der Waals surface area contributed by atoms with Gasteiger partial charge in [0, 0.05) is 12.1 Å². The van der Waals surface area contributed by atoms with Crippen LogP contribution < -0.4 is 15.5 Å². The van der Waals surface area contributed by atoms with Crippen LogP contribution >= 0.6 is 0 Å². The lowest BCUT2D eigenvalue weighted by Gasteiger charge is -2.14. The predicted octanol–water partition coefficient (Wildman–Crippen LogP) is 5.28. The number of ether oxygens (including phenoxy) is 1. The van der Waals surface area contributed by atoms with Gasteiger partial charge < -0.3 is 14.5 Å². The highest BCUT2D eigenvalue weighted by molar-refractivity contribution is 5.84. The summed E-state index contributed by atoms with van der Waals surface area (Å²) in [5.41, 5.74) is 2.98. The van der Waals surface area contributed by atoms with Crippen molar-refractivity contribution in [3.05, 3.63) is 100 Å².